The second kappa shape index (κ2) is 6.11. The van der Waals surface area contributed by atoms with Crippen LogP contribution in [0.15, 0.2) is 0 Å². The number of rotatable bonds is 1. The summed E-state index contributed by atoms with van der Waals surface area (Å²) < 4.78 is 0. The summed E-state index contributed by atoms with van der Waals surface area (Å²) in [7, 11) is 0. The molecule has 1 aliphatic carbocycles. The molecule has 0 aromatic carbocycles. The smallest absolute Gasteiger partial charge is 0.151 e. The molecule has 66 valence electrons. The molecule has 0 radical (unpaired) electrons. The van der Waals surface area contributed by atoms with Crippen LogP contribution < -0.4 is 5.73 Å². The summed E-state index contributed by atoms with van der Waals surface area (Å²) in [6, 6.07) is 0. The first kappa shape index (κ1) is 11.6. The van der Waals surface area contributed by atoms with Gasteiger partial charge in [-0.1, -0.05) is 31.0 Å². The van der Waals surface area contributed by atoms with Crippen molar-refractivity contribution in [2.24, 2.45) is 5.73 Å². The monoisotopic (exact) mass is 286 g/mol. The predicted octanol–water partition coefficient (Wildman–Crippen LogP) is 2.56. The number of hydrogen-bond acceptors (Lipinski definition) is 2. The van der Waals surface area contributed by atoms with Crippen LogP contribution in [0, 0.1) is 5.41 Å². The van der Waals surface area contributed by atoms with Crippen LogP contribution in [0.4, 0.5) is 0 Å². The molecule has 1 fully saturated rings. The molecule has 0 aromatic heterocycles. The molecule has 0 atom stereocenters. The topological polar surface area (TPSA) is 49.9 Å². The third-order valence-corrected chi connectivity index (χ3v) is 2.90. The fraction of sp³-hybridized carbons (Fsp3) is 0.857. The molecule has 1 saturated carbocycles. The quantitative estimate of drug-likeness (QED) is 0.442. The molecule has 0 spiro atoms. The zero-order chi connectivity index (χ0) is 7.40. The van der Waals surface area contributed by atoms with Gasteiger partial charge in [0.15, 0.2) is 5.17 Å². The molecule has 0 bridgehead atoms. The number of nitrogens with one attached hydrogen (secondary N) is 1. The Hall–Kier alpha value is 0.550. The van der Waals surface area contributed by atoms with E-state index in [0.717, 1.165) is 0 Å². The number of halogens is 1. The average Bonchev–Trinajstić information content (AvgIpc) is 1.88. The Morgan fingerprint density at radius 3 is 2.27 bits per heavy atom. The average molecular weight is 286 g/mol. The standard InChI is InChI=1S/C7H14N2S.HI/c8-7(9)10-6-4-2-1-3-5-6;/h6H,1-5H2,(H3,8,9);1H. The van der Waals surface area contributed by atoms with Gasteiger partial charge in [0.25, 0.3) is 0 Å². The first-order valence-corrected chi connectivity index (χ1v) is 4.67. The summed E-state index contributed by atoms with van der Waals surface area (Å²) in [5, 5.41) is 8.00. The predicted molar refractivity (Wildman–Crippen MR) is 61.8 cm³/mol. The lowest BCUT2D eigenvalue weighted by Crippen LogP contribution is -2.15. The van der Waals surface area contributed by atoms with Crippen LogP contribution in [0.2, 0.25) is 0 Å². The van der Waals surface area contributed by atoms with Crippen molar-refractivity contribution in [1.29, 1.82) is 5.41 Å². The summed E-state index contributed by atoms with van der Waals surface area (Å²) in [5.74, 6) is 0. The highest BCUT2D eigenvalue weighted by atomic mass is 127. The molecule has 2 nitrogen and oxygen atoms in total. The van der Waals surface area contributed by atoms with E-state index in [4.69, 9.17) is 11.1 Å². The summed E-state index contributed by atoms with van der Waals surface area (Å²) in [5.41, 5.74) is 5.27. The van der Waals surface area contributed by atoms with Crippen molar-refractivity contribution >= 4 is 40.9 Å². The zero-order valence-electron chi connectivity index (χ0n) is 6.51. The molecule has 0 aromatic rings. The normalized spacial score (nSPS) is 18.9. The van der Waals surface area contributed by atoms with Gasteiger partial charge in [-0.15, -0.1) is 24.0 Å². The number of hydrogen-bond donors (Lipinski definition) is 2. The van der Waals surface area contributed by atoms with Gasteiger partial charge in [0.05, 0.1) is 0 Å². The Morgan fingerprint density at radius 1 is 1.27 bits per heavy atom. The molecular weight excluding hydrogens is 271 g/mol. The fourth-order valence-corrected chi connectivity index (χ4v) is 2.29. The number of nitrogens with two attached hydrogens (primary N) is 1. The SMILES string of the molecule is I.N=C(N)SC1CCCCC1. The summed E-state index contributed by atoms with van der Waals surface area (Å²) >= 11 is 1.54. The maximum Gasteiger partial charge on any atom is 0.151 e. The molecule has 0 aliphatic heterocycles. The van der Waals surface area contributed by atoms with Gasteiger partial charge in [-0.3, -0.25) is 5.41 Å². The van der Waals surface area contributed by atoms with Crippen molar-refractivity contribution in [2.45, 2.75) is 37.4 Å². The van der Waals surface area contributed by atoms with E-state index < -0.39 is 0 Å². The van der Waals surface area contributed by atoms with E-state index in [1.165, 1.54) is 43.9 Å². The Bertz CT molecular complexity index is 124. The highest BCUT2D eigenvalue weighted by Gasteiger charge is 2.14. The summed E-state index contributed by atoms with van der Waals surface area (Å²) in [6.07, 6.45) is 6.53. The summed E-state index contributed by atoms with van der Waals surface area (Å²) in [6.45, 7) is 0. The van der Waals surface area contributed by atoms with Gasteiger partial charge in [-0.05, 0) is 12.8 Å². The third-order valence-electron chi connectivity index (χ3n) is 1.85. The Kier molecular flexibility index (Phi) is 6.41. The van der Waals surface area contributed by atoms with Crippen LogP contribution in [0.5, 0.6) is 0 Å². The summed E-state index contributed by atoms with van der Waals surface area (Å²) in [4.78, 5) is 0. The van der Waals surface area contributed by atoms with Crippen LogP contribution in [-0.4, -0.2) is 10.4 Å². The molecule has 4 heteroatoms. The molecule has 11 heavy (non-hydrogen) atoms. The van der Waals surface area contributed by atoms with Gasteiger partial charge < -0.3 is 5.73 Å². The number of thioether (sulfide) groups is 1. The molecule has 0 unspecified atom stereocenters. The van der Waals surface area contributed by atoms with Crippen LogP contribution in [0.3, 0.4) is 0 Å². The second-order valence-electron chi connectivity index (χ2n) is 2.74. The molecule has 0 heterocycles. The molecule has 1 aliphatic rings. The van der Waals surface area contributed by atoms with Crippen molar-refractivity contribution in [3.8, 4) is 0 Å². The molecule has 1 rings (SSSR count). The lowest BCUT2D eigenvalue weighted by Gasteiger charge is -2.19. The number of amidine groups is 1. The van der Waals surface area contributed by atoms with Crippen molar-refractivity contribution in [3.05, 3.63) is 0 Å². The Morgan fingerprint density at radius 2 is 1.82 bits per heavy atom. The van der Waals surface area contributed by atoms with E-state index in [2.05, 4.69) is 0 Å². The highest BCUT2D eigenvalue weighted by molar-refractivity contribution is 14.0. The lowest BCUT2D eigenvalue weighted by molar-refractivity contribution is 0.517. The van der Waals surface area contributed by atoms with Crippen LogP contribution in [-0.2, 0) is 0 Å². The minimum atomic E-state index is 0. The van der Waals surface area contributed by atoms with Gasteiger partial charge in [-0.2, -0.15) is 0 Å². The van der Waals surface area contributed by atoms with Crippen molar-refractivity contribution < 1.29 is 0 Å². The Balaban J connectivity index is 0.000001000. The minimum absolute atomic E-state index is 0. The maximum atomic E-state index is 7.07. The maximum absolute atomic E-state index is 7.07. The zero-order valence-corrected chi connectivity index (χ0v) is 9.65. The van der Waals surface area contributed by atoms with Gasteiger partial charge >= 0.3 is 0 Å². The van der Waals surface area contributed by atoms with Crippen molar-refractivity contribution in [2.75, 3.05) is 0 Å². The Labute approximate surface area is 89.2 Å². The molecule has 0 amide bonds. The molecular formula is C7H15IN2S. The fourth-order valence-electron chi connectivity index (χ4n) is 1.36. The van der Waals surface area contributed by atoms with Gasteiger partial charge in [0, 0.05) is 5.25 Å². The van der Waals surface area contributed by atoms with Crippen LogP contribution in [0.25, 0.3) is 0 Å². The third kappa shape index (κ3) is 4.90. The van der Waals surface area contributed by atoms with E-state index >= 15 is 0 Å². The first-order valence-electron chi connectivity index (χ1n) is 3.79. The highest BCUT2D eigenvalue weighted by Crippen LogP contribution is 2.27. The van der Waals surface area contributed by atoms with E-state index in [0.29, 0.717) is 5.25 Å². The van der Waals surface area contributed by atoms with Crippen LogP contribution in [0.1, 0.15) is 32.1 Å². The van der Waals surface area contributed by atoms with Gasteiger partial charge in [-0.25, -0.2) is 0 Å². The second-order valence-corrected chi connectivity index (χ2v) is 4.08. The van der Waals surface area contributed by atoms with E-state index in [9.17, 15) is 0 Å². The molecule has 3 N–H and O–H groups in total. The molecule has 0 saturated heterocycles. The lowest BCUT2D eigenvalue weighted by atomic mass is 10.0. The van der Waals surface area contributed by atoms with Gasteiger partial charge in [0.1, 0.15) is 0 Å². The van der Waals surface area contributed by atoms with Crippen molar-refractivity contribution in [3.63, 3.8) is 0 Å². The largest absolute Gasteiger partial charge is 0.379 e. The first-order chi connectivity index (χ1) is 4.79. The van der Waals surface area contributed by atoms with E-state index in [1.54, 1.807) is 0 Å². The van der Waals surface area contributed by atoms with Crippen molar-refractivity contribution in [1.82, 2.24) is 0 Å². The van der Waals surface area contributed by atoms with Gasteiger partial charge in [0.2, 0.25) is 0 Å². The minimum Gasteiger partial charge on any atom is -0.379 e. The van der Waals surface area contributed by atoms with E-state index in [1.807, 2.05) is 0 Å². The van der Waals surface area contributed by atoms with E-state index in [-0.39, 0.29) is 29.1 Å². The van der Waals surface area contributed by atoms with Crippen LogP contribution >= 0.6 is 35.7 Å².